The second kappa shape index (κ2) is 10.3. The highest BCUT2D eigenvalue weighted by Crippen LogP contribution is 2.36. The van der Waals surface area contributed by atoms with Gasteiger partial charge in [0.15, 0.2) is 17.5 Å². The minimum Gasteiger partial charge on any atom is -0.493 e. The van der Waals surface area contributed by atoms with Crippen molar-refractivity contribution in [2.45, 2.75) is 25.2 Å². The van der Waals surface area contributed by atoms with Crippen molar-refractivity contribution in [3.8, 4) is 11.5 Å². The first kappa shape index (κ1) is 21.9. The van der Waals surface area contributed by atoms with Crippen molar-refractivity contribution in [1.29, 1.82) is 0 Å². The standard InChI is InChI=1S/C23H30FN3O3/c1-4-25-22(27-19-8-9-20(28-2)21(15-19)29-3)26-16-23(10-12-30-13-11-23)17-6-5-7-18(24)14-17/h5-9,14-15H,4,10-13,16H2,1-3H3,(H2,25,26,27). The zero-order valence-electron chi connectivity index (χ0n) is 17.8. The number of hydrogen-bond acceptors (Lipinski definition) is 4. The molecule has 0 spiro atoms. The van der Waals surface area contributed by atoms with Crippen LogP contribution in [0.5, 0.6) is 11.5 Å². The van der Waals surface area contributed by atoms with E-state index >= 15 is 0 Å². The Hall–Kier alpha value is -2.80. The molecule has 0 atom stereocenters. The van der Waals surface area contributed by atoms with Gasteiger partial charge >= 0.3 is 0 Å². The number of hydrogen-bond donors (Lipinski definition) is 2. The number of rotatable bonds is 7. The number of nitrogens with zero attached hydrogens (tertiary/aromatic N) is 1. The molecule has 162 valence electrons. The van der Waals surface area contributed by atoms with Gasteiger partial charge in [-0.2, -0.15) is 0 Å². The number of anilines is 1. The van der Waals surface area contributed by atoms with Crippen LogP contribution in [0.3, 0.4) is 0 Å². The van der Waals surface area contributed by atoms with Gasteiger partial charge in [0.25, 0.3) is 0 Å². The van der Waals surface area contributed by atoms with Gasteiger partial charge in [-0.25, -0.2) is 4.39 Å². The topological polar surface area (TPSA) is 64.1 Å². The van der Waals surface area contributed by atoms with E-state index in [9.17, 15) is 4.39 Å². The van der Waals surface area contributed by atoms with Gasteiger partial charge < -0.3 is 24.8 Å². The summed E-state index contributed by atoms with van der Waals surface area (Å²) in [6.45, 7) is 4.55. The quantitative estimate of drug-likeness (QED) is 0.529. The molecule has 2 aromatic rings. The Kier molecular flexibility index (Phi) is 7.52. The van der Waals surface area contributed by atoms with Crippen molar-refractivity contribution in [1.82, 2.24) is 5.32 Å². The second-order valence-corrected chi connectivity index (χ2v) is 7.29. The Morgan fingerprint density at radius 3 is 2.53 bits per heavy atom. The lowest BCUT2D eigenvalue weighted by Crippen LogP contribution is -2.39. The van der Waals surface area contributed by atoms with Gasteiger partial charge in [-0.15, -0.1) is 0 Å². The molecular formula is C23H30FN3O3. The predicted molar refractivity (Wildman–Crippen MR) is 117 cm³/mol. The van der Waals surface area contributed by atoms with Crippen molar-refractivity contribution in [3.05, 3.63) is 53.8 Å². The van der Waals surface area contributed by atoms with E-state index in [0.29, 0.717) is 37.2 Å². The third-order valence-electron chi connectivity index (χ3n) is 5.42. The van der Waals surface area contributed by atoms with Gasteiger partial charge in [0.05, 0.1) is 20.8 Å². The molecule has 0 amide bonds. The first-order chi connectivity index (χ1) is 14.6. The number of nitrogens with one attached hydrogen (secondary N) is 2. The molecule has 0 radical (unpaired) electrons. The highest BCUT2D eigenvalue weighted by Gasteiger charge is 2.34. The molecule has 3 rings (SSSR count). The Morgan fingerprint density at radius 2 is 1.87 bits per heavy atom. The number of guanidine groups is 1. The van der Waals surface area contributed by atoms with Gasteiger partial charge in [0, 0.05) is 36.9 Å². The Bertz CT molecular complexity index is 867. The fourth-order valence-electron chi connectivity index (χ4n) is 3.71. The minimum atomic E-state index is -0.250. The molecule has 30 heavy (non-hydrogen) atoms. The molecule has 0 saturated carbocycles. The van der Waals surface area contributed by atoms with Crippen LogP contribution in [0.4, 0.5) is 10.1 Å². The summed E-state index contributed by atoms with van der Waals surface area (Å²) < 4.78 is 30.2. The molecule has 1 heterocycles. The van der Waals surface area contributed by atoms with E-state index in [-0.39, 0.29) is 11.2 Å². The summed E-state index contributed by atoms with van der Waals surface area (Å²) in [5.74, 6) is 1.74. The van der Waals surface area contributed by atoms with Crippen LogP contribution in [0.25, 0.3) is 0 Å². The average molecular weight is 416 g/mol. The van der Waals surface area contributed by atoms with Crippen molar-refractivity contribution in [3.63, 3.8) is 0 Å². The number of methoxy groups -OCH3 is 2. The molecule has 6 nitrogen and oxygen atoms in total. The number of aliphatic imine (C=N–C) groups is 1. The molecular weight excluding hydrogens is 385 g/mol. The fraction of sp³-hybridized carbons (Fsp3) is 0.435. The van der Waals surface area contributed by atoms with Gasteiger partial charge in [-0.3, -0.25) is 4.99 Å². The molecule has 1 saturated heterocycles. The van der Waals surface area contributed by atoms with Crippen LogP contribution in [-0.4, -0.2) is 46.5 Å². The van der Waals surface area contributed by atoms with E-state index in [0.717, 1.165) is 30.6 Å². The van der Waals surface area contributed by atoms with Crippen molar-refractivity contribution in [2.24, 2.45) is 4.99 Å². The monoisotopic (exact) mass is 415 g/mol. The first-order valence-corrected chi connectivity index (χ1v) is 10.2. The van der Waals surface area contributed by atoms with E-state index in [1.807, 2.05) is 31.2 Å². The number of benzene rings is 2. The predicted octanol–water partition coefficient (Wildman–Crippen LogP) is 3.97. The maximum Gasteiger partial charge on any atom is 0.195 e. The summed E-state index contributed by atoms with van der Waals surface area (Å²) in [5.41, 5.74) is 1.55. The molecule has 1 aliphatic rings. The third-order valence-corrected chi connectivity index (χ3v) is 5.42. The Morgan fingerprint density at radius 1 is 1.10 bits per heavy atom. The molecule has 0 aliphatic carbocycles. The maximum atomic E-state index is 13.9. The molecule has 2 N–H and O–H groups in total. The summed E-state index contributed by atoms with van der Waals surface area (Å²) in [6, 6.07) is 12.5. The van der Waals surface area contributed by atoms with Gasteiger partial charge in [-0.1, -0.05) is 12.1 Å². The van der Waals surface area contributed by atoms with Crippen LogP contribution in [0.1, 0.15) is 25.3 Å². The molecule has 0 unspecified atom stereocenters. The SMILES string of the molecule is CCNC(=NCC1(c2cccc(F)c2)CCOCC1)Nc1ccc(OC)c(OC)c1. The first-order valence-electron chi connectivity index (χ1n) is 10.2. The van der Waals surface area contributed by atoms with Gasteiger partial charge in [0.1, 0.15) is 5.82 Å². The van der Waals surface area contributed by atoms with Crippen molar-refractivity contribution < 1.29 is 18.6 Å². The van der Waals surface area contributed by atoms with Crippen LogP contribution in [0, 0.1) is 5.82 Å². The molecule has 0 bridgehead atoms. The van der Waals surface area contributed by atoms with Crippen LogP contribution < -0.4 is 20.1 Å². The third kappa shape index (κ3) is 5.21. The van der Waals surface area contributed by atoms with Crippen LogP contribution in [0.2, 0.25) is 0 Å². The van der Waals surface area contributed by atoms with E-state index in [1.165, 1.54) is 6.07 Å². The Labute approximate surface area is 177 Å². The summed E-state index contributed by atoms with van der Waals surface area (Å²) in [6.07, 6.45) is 1.60. The second-order valence-electron chi connectivity index (χ2n) is 7.29. The molecule has 7 heteroatoms. The molecule has 1 aliphatic heterocycles. The molecule has 0 aromatic heterocycles. The van der Waals surface area contributed by atoms with E-state index in [4.69, 9.17) is 19.2 Å². The fourth-order valence-corrected chi connectivity index (χ4v) is 3.71. The lowest BCUT2D eigenvalue weighted by Gasteiger charge is -2.36. The van der Waals surface area contributed by atoms with Crippen molar-refractivity contribution >= 4 is 11.6 Å². The van der Waals surface area contributed by atoms with Crippen molar-refractivity contribution in [2.75, 3.05) is 45.8 Å². The lowest BCUT2D eigenvalue weighted by atomic mass is 9.74. The lowest BCUT2D eigenvalue weighted by molar-refractivity contribution is 0.0530. The van der Waals surface area contributed by atoms with E-state index in [1.54, 1.807) is 26.4 Å². The highest BCUT2D eigenvalue weighted by atomic mass is 19.1. The summed E-state index contributed by atoms with van der Waals surface area (Å²) >= 11 is 0. The molecule has 1 fully saturated rings. The van der Waals surface area contributed by atoms with Gasteiger partial charge in [-0.05, 0) is 49.6 Å². The zero-order chi connectivity index (χ0) is 21.4. The normalized spacial score (nSPS) is 16.1. The smallest absolute Gasteiger partial charge is 0.195 e. The van der Waals surface area contributed by atoms with Crippen LogP contribution in [0.15, 0.2) is 47.5 Å². The van der Waals surface area contributed by atoms with Gasteiger partial charge in [0.2, 0.25) is 0 Å². The zero-order valence-corrected chi connectivity index (χ0v) is 17.8. The summed E-state index contributed by atoms with van der Waals surface area (Å²) in [4.78, 5) is 4.85. The average Bonchev–Trinajstić information content (AvgIpc) is 2.78. The largest absolute Gasteiger partial charge is 0.493 e. The maximum absolute atomic E-state index is 13.9. The van der Waals surface area contributed by atoms with Crippen LogP contribution >= 0.6 is 0 Å². The number of ether oxygens (including phenoxy) is 3. The number of halogens is 1. The Balaban J connectivity index is 1.84. The van der Waals surface area contributed by atoms with E-state index < -0.39 is 0 Å². The van der Waals surface area contributed by atoms with Crippen LogP contribution in [-0.2, 0) is 10.2 Å². The highest BCUT2D eigenvalue weighted by molar-refractivity contribution is 5.94. The summed E-state index contributed by atoms with van der Waals surface area (Å²) in [5, 5.41) is 6.60. The minimum absolute atomic E-state index is 0.224. The summed E-state index contributed by atoms with van der Waals surface area (Å²) in [7, 11) is 3.21. The molecule has 2 aromatic carbocycles. The van der Waals surface area contributed by atoms with E-state index in [2.05, 4.69) is 10.6 Å².